The summed E-state index contributed by atoms with van der Waals surface area (Å²) in [4.78, 5) is 20.8. The molecule has 0 bridgehead atoms. The maximum atomic E-state index is 12.2. The summed E-state index contributed by atoms with van der Waals surface area (Å²) in [5.74, 6) is 0. The minimum absolute atomic E-state index is 0.0788. The van der Waals surface area contributed by atoms with Gasteiger partial charge in [-0.15, -0.1) is 0 Å². The average molecular weight is 374 g/mol. The number of pyridine rings is 2. The molecule has 1 aliphatic carbocycles. The van der Waals surface area contributed by atoms with E-state index in [9.17, 15) is 4.79 Å². The van der Waals surface area contributed by atoms with Crippen LogP contribution < -0.4 is 5.32 Å². The van der Waals surface area contributed by atoms with Crippen molar-refractivity contribution in [2.24, 2.45) is 0 Å². The van der Waals surface area contributed by atoms with E-state index in [1.807, 2.05) is 39.1 Å². The molecule has 2 heterocycles. The number of hydrogen-bond donors (Lipinski definition) is 1. The Balaban J connectivity index is 1.86. The number of carbonyl (C=O) groups excluding carboxylic acids is 1. The van der Waals surface area contributed by atoms with Crippen LogP contribution in [0.4, 0.5) is 4.79 Å². The maximum Gasteiger partial charge on any atom is 0.408 e. The highest BCUT2D eigenvalue weighted by molar-refractivity contribution is 6.29. The lowest BCUT2D eigenvalue weighted by Crippen LogP contribution is -2.35. The Bertz CT molecular complexity index is 802. The molecule has 1 aliphatic rings. The molecule has 6 heteroatoms. The maximum absolute atomic E-state index is 12.2. The van der Waals surface area contributed by atoms with Gasteiger partial charge in [-0.3, -0.25) is 4.98 Å². The van der Waals surface area contributed by atoms with Crippen LogP contribution in [-0.2, 0) is 11.2 Å². The van der Waals surface area contributed by atoms with E-state index in [0.717, 1.165) is 42.5 Å². The van der Waals surface area contributed by atoms with Crippen molar-refractivity contribution in [3.8, 4) is 11.3 Å². The predicted octanol–water partition coefficient (Wildman–Crippen LogP) is 5.09. The summed E-state index contributed by atoms with van der Waals surface area (Å²) in [6, 6.07) is 5.72. The van der Waals surface area contributed by atoms with E-state index in [2.05, 4.69) is 21.4 Å². The van der Waals surface area contributed by atoms with Gasteiger partial charge in [0.25, 0.3) is 0 Å². The summed E-state index contributed by atoms with van der Waals surface area (Å²) >= 11 is 6.00. The number of alkyl carbamates (subject to hydrolysis) is 1. The predicted molar refractivity (Wildman–Crippen MR) is 102 cm³/mol. The second kappa shape index (κ2) is 7.62. The van der Waals surface area contributed by atoms with Gasteiger partial charge in [-0.1, -0.05) is 18.0 Å². The number of nitrogens with zero attached hydrogens (tertiary/aromatic N) is 2. The second-order valence-electron chi connectivity index (χ2n) is 7.58. The molecule has 0 fully saturated rings. The van der Waals surface area contributed by atoms with Crippen LogP contribution >= 0.6 is 11.6 Å². The van der Waals surface area contributed by atoms with E-state index in [4.69, 9.17) is 16.3 Å². The van der Waals surface area contributed by atoms with E-state index in [-0.39, 0.29) is 12.1 Å². The van der Waals surface area contributed by atoms with Gasteiger partial charge >= 0.3 is 6.09 Å². The molecule has 2 aromatic rings. The zero-order chi connectivity index (χ0) is 18.7. The van der Waals surface area contributed by atoms with E-state index < -0.39 is 5.60 Å². The molecule has 0 saturated heterocycles. The standard InChI is InChI=1S/C20H24ClN3O2/c1-20(2,3)26-19(25)24-16-7-5-4-6-13-10-17(23-12-15(13)16)14-8-9-22-18(21)11-14/h8-12,16H,4-7H2,1-3H3,(H,24,25). The van der Waals surface area contributed by atoms with Crippen molar-refractivity contribution in [2.75, 3.05) is 0 Å². The van der Waals surface area contributed by atoms with Gasteiger partial charge in [-0.25, -0.2) is 9.78 Å². The molecule has 3 rings (SSSR count). The van der Waals surface area contributed by atoms with Crippen molar-refractivity contribution in [1.82, 2.24) is 15.3 Å². The number of aryl methyl sites for hydroxylation is 1. The molecule has 1 N–H and O–H groups in total. The zero-order valence-electron chi connectivity index (χ0n) is 15.4. The van der Waals surface area contributed by atoms with E-state index in [0.29, 0.717) is 5.15 Å². The van der Waals surface area contributed by atoms with Crippen LogP contribution in [0.5, 0.6) is 0 Å². The summed E-state index contributed by atoms with van der Waals surface area (Å²) in [7, 11) is 0. The quantitative estimate of drug-likeness (QED) is 0.588. The molecule has 0 aliphatic heterocycles. The molecule has 0 saturated carbocycles. The third-order valence-corrected chi connectivity index (χ3v) is 4.51. The largest absolute Gasteiger partial charge is 0.444 e. The Labute approximate surface area is 159 Å². The highest BCUT2D eigenvalue weighted by Crippen LogP contribution is 2.31. The summed E-state index contributed by atoms with van der Waals surface area (Å²) in [5.41, 5.74) is 3.57. The number of rotatable bonds is 2. The van der Waals surface area contributed by atoms with Gasteiger partial charge in [0.2, 0.25) is 0 Å². The molecule has 138 valence electrons. The molecule has 2 aromatic heterocycles. The topological polar surface area (TPSA) is 64.1 Å². The van der Waals surface area contributed by atoms with Gasteiger partial charge < -0.3 is 10.1 Å². The summed E-state index contributed by atoms with van der Waals surface area (Å²) in [6.45, 7) is 5.59. The third kappa shape index (κ3) is 4.73. The number of ether oxygens (including phenoxy) is 1. The van der Waals surface area contributed by atoms with Crippen LogP contribution in [0.3, 0.4) is 0 Å². The minimum atomic E-state index is -0.514. The molecule has 0 aromatic carbocycles. The average Bonchev–Trinajstić information content (AvgIpc) is 2.75. The molecule has 0 spiro atoms. The third-order valence-electron chi connectivity index (χ3n) is 4.30. The second-order valence-corrected chi connectivity index (χ2v) is 7.97. The van der Waals surface area contributed by atoms with Crippen LogP contribution in [0.15, 0.2) is 30.6 Å². The van der Waals surface area contributed by atoms with Crippen molar-refractivity contribution < 1.29 is 9.53 Å². The minimum Gasteiger partial charge on any atom is -0.444 e. The molecule has 0 radical (unpaired) electrons. The van der Waals surface area contributed by atoms with Crippen LogP contribution in [0.2, 0.25) is 5.15 Å². The van der Waals surface area contributed by atoms with Gasteiger partial charge in [-0.05, 0) is 69.4 Å². The molecular formula is C20H24ClN3O2. The number of carbonyl (C=O) groups is 1. The highest BCUT2D eigenvalue weighted by atomic mass is 35.5. The smallest absolute Gasteiger partial charge is 0.408 e. The first-order valence-electron chi connectivity index (χ1n) is 8.92. The number of amides is 1. The monoisotopic (exact) mass is 373 g/mol. The van der Waals surface area contributed by atoms with Crippen LogP contribution in [0, 0.1) is 0 Å². The molecule has 1 amide bonds. The van der Waals surface area contributed by atoms with Gasteiger partial charge in [0.1, 0.15) is 10.8 Å². The number of aromatic nitrogens is 2. The summed E-state index contributed by atoms with van der Waals surface area (Å²) in [5, 5.41) is 3.46. The van der Waals surface area contributed by atoms with Gasteiger partial charge in [0.15, 0.2) is 0 Å². The number of nitrogens with one attached hydrogen (secondary N) is 1. The molecular weight excluding hydrogens is 350 g/mol. The number of hydrogen-bond acceptors (Lipinski definition) is 4. The lowest BCUT2D eigenvalue weighted by Gasteiger charge is -2.24. The first-order chi connectivity index (χ1) is 12.3. The molecule has 1 atom stereocenters. The summed E-state index contributed by atoms with van der Waals surface area (Å²) in [6.07, 6.45) is 7.14. The fraction of sp³-hybridized carbons (Fsp3) is 0.450. The SMILES string of the molecule is CC(C)(C)OC(=O)NC1CCCCc2cc(-c3ccnc(Cl)c3)ncc21. The Kier molecular flexibility index (Phi) is 5.47. The van der Waals surface area contributed by atoms with Crippen molar-refractivity contribution in [2.45, 2.75) is 58.1 Å². The lowest BCUT2D eigenvalue weighted by atomic mass is 9.99. The van der Waals surface area contributed by atoms with Crippen molar-refractivity contribution in [1.29, 1.82) is 0 Å². The molecule has 1 unspecified atom stereocenters. The van der Waals surface area contributed by atoms with Crippen LogP contribution in [0.1, 0.15) is 57.2 Å². The van der Waals surface area contributed by atoms with Crippen molar-refractivity contribution in [3.05, 3.63) is 46.9 Å². The highest BCUT2D eigenvalue weighted by Gasteiger charge is 2.24. The Morgan fingerprint density at radius 2 is 2.08 bits per heavy atom. The van der Waals surface area contributed by atoms with Crippen LogP contribution in [0.25, 0.3) is 11.3 Å². The fourth-order valence-electron chi connectivity index (χ4n) is 3.18. The summed E-state index contributed by atoms with van der Waals surface area (Å²) < 4.78 is 5.41. The first kappa shape index (κ1) is 18.6. The van der Waals surface area contributed by atoms with E-state index >= 15 is 0 Å². The van der Waals surface area contributed by atoms with Gasteiger partial charge in [0.05, 0.1) is 11.7 Å². The zero-order valence-corrected chi connectivity index (χ0v) is 16.1. The fourth-order valence-corrected chi connectivity index (χ4v) is 3.35. The van der Waals surface area contributed by atoms with E-state index in [1.54, 1.807) is 6.20 Å². The van der Waals surface area contributed by atoms with Crippen molar-refractivity contribution >= 4 is 17.7 Å². The Morgan fingerprint density at radius 3 is 2.81 bits per heavy atom. The Morgan fingerprint density at radius 1 is 1.27 bits per heavy atom. The van der Waals surface area contributed by atoms with Gasteiger partial charge in [0, 0.05) is 18.0 Å². The number of halogens is 1. The Hall–Kier alpha value is -2.14. The lowest BCUT2D eigenvalue weighted by molar-refractivity contribution is 0.0501. The first-order valence-corrected chi connectivity index (χ1v) is 9.30. The number of fused-ring (bicyclic) bond motifs is 1. The van der Waals surface area contributed by atoms with E-state index in [1.165, 1.54) is 5.56 Å². The van der Waals surface area contributed by atoms with Crippen LogP contribution in [-0.4, -0.2) is 21.7 Å². The molecule has 5 nitrogen and oxygen atoms in total. The molecule has 26 heavy (non-hydrogen) atoms. The van der Waals surface area contributed by atoms with Gasteiger partial charge in [-0.2, -0.15) is 0 Å². The van der Waals surface area contributed by atoms with Crippen molar-refractivity contribution in [3.63, 3.8) is 0 Å². The normalized spacial score (nSPS) is 17.2.